The van der Waals surface area contributed by atoms with Gasteiger partial charge in [0, 0.05) is 6.20 Å². The van der Waals surface area contributed by atoms with Gasteiger partial charge in [-0.05, 0) is 49.1 Å². The number of rotatable bonds is 4. The van der Waals surface area contributed by atoms with Crippen molar-refractivity contribution in [2.45, 2.75) is 19.8 Å². The zero-order valence-corrected chi connectivity index (χ0v) is 14.4. The molecule has 1 aliphatic carbocycles. The summed E-state index contributed by atoms with van der Waals surface area (Å²) in [6, 6.07) is 11.7. The van der Waals surface area contributed by atoms with Gasteiger partial charge in [-0.2, -0.15) is 0 Å². The van der Waals surface area contributed by atoms with E-state index in [0.29, 0.717) is 18.0 Å². The first-order valence-corrected chi connectivity index (χ1v) is 8.16. The van der Waals surface area contributed by atoms with Gasteiger partial charge < -0.3 is 16.2 Å². The van der Waals surface area contributed by atoms with Crippen molar-refractivity contribution in [3.63, 3.8) is 0 Å². The molecule has 0 aliphatic heterocycles. The fourth-order valence-corrected chi connectivity index (χ4v) is 2.40. The van der Waals surface area contributed by atoms with Gasteiger partial charge in [0.25, 0.3) is 0 Å². The summed E-state index contributed by atoms with van der Waals surface area (Å²) < 4.78 is 5.64. The molecule has 0 bridgehead atoms. The number of hydrogen-bond donors (Lipinski definition) is 3. The van der Waals surface area contributed by atoms with Gasteiger partial charge in [0.05, 0.1) is 5.56 Å². The summed E-state index contributed by atoms with van der Waals surface area (Å²) in [4.78, 5) is 3.82. The molecule has 1 aromatic carbocycles. The maximum absolute atomic E-state index is 7.17. The predicted molar refractivity (Wildman–Crippen MR) is 103 cm³/mol. The SMILES string of the molecule is C1=CCCC(COc2ccccc2)=C1.Cc1ccnc(N)c1C(=N)N. The van der Waals surface area contributed by atoms with Gasteiger partial charge in [-0.15, -0.1) is 0 Å². The Morgan fingerprint density at radius 1 is 1.24 bits per heavy atom. The lowest BCUT2D eigenvalue weighted by atomic mass is 10.1. The van der Waals surface area contributed by atoms with E-state index in [9.17, 15) is 0 Å². The number of ether oxygens (including phenoxy) is 1. The number of nitrogens with two attached hydrogens (primary N) is 2. The molecule has 0 amide bonds. The highest BCUT2D eigenvalue weighted by Crippen LogP contribution is 2.15. The number of allylic oxidation sites excluding steroid dienone is 3. The maximum Gasteiger partial charge on any atom is 0.134 e. The predicted octanol–water partition coefficient (Wildman–Crippen LogP) is 3.60. The second kappa shape index (κ2) is 9.27. The Morgan fingerprint density at radius 2 is 2.00 bits per heavy atom. The van der Waals surface area contributed by atoms with E-state index in [0.717, 1.165) is 24.2 Å². The van der Waals surface area contributed by atoms with Crippen LogP contribution in [-0.4, -0.2) is 17.4 Å². The number of pyridine rings is 1. The fourth-order valence-electron chi connectivity index (χ4n) is 2.40. The molecule has 0 saturated heterocycles. The largest absolute Gasteiger partial charge is 0.489 e. The van der Waals surface area contributed by atoms with E-state index >= 15 is 0 Å². The minimum Gasteiger partial charge on any atom is -0.489 e. The topological polar surface area (TPSA) is 98.0 Å². The summed E-state index contributed by atoms with van der Waals surface area (Å²) in [5, 5.41) is 7.17. The van der Waals surface area contributed by atoms with Crippen molar-refractivity contribution in [3.8, 4) is 5.75 Å². The van der Waals surface area contributed by atoms with E-state index in [1.54, 1.807) is 12.3 Å². The Balaban J connectivity index is 0.000000186. The van der Waals surface area contributed by atoms with Crippen LogP contribution in [-0.2, 0) is 0 Å². The molecule has 0 unspecified atom stereocenters. The van der Waals surface area contributed by atoms with Crippen LogP contribution in [0.15, 0.2) is 66.4 Å². The van der Waals surface area contributed by atoms with Gasteiger partial charge in [-0.1, -0.05) is 36.4 Å². The van der Waals surface area contributed by atoms with Crippen molar-refractivity contribution in [2.75, 3.05) is 12.3 Å². The highest BCUT2D eigenvalue weighted by Gasteiger charge is 2.05. The fraction of sp³-hybridized carbons (Fsp3) is 0.200. The Bertz CT molecular complexity index is 746. The van der Waals surface area contributed by atoms with Crippen molar-refractivity contribution < 1.29 is 4.74 Å². The van der Waals surface area contributed by atoms with Gasteiger partial charge in [0.2, 0.25) is 0 Å². The Morgan fingerprint density at radius 3 is 2.56 bits per heavy atom. The van der Waals surface area contributed by atoms with Gasteiger partial charge >= 0.3 is 0 Å². The molecule has 3 rings (SSSR count). The number of nitrogens with zero attached hydrogens (tertiary/aromatic N) is 1. The molecule has 25 heavy (non-hydrogen) atoms. The highest BCUT2D eigenvalue weighted by molar-refractivity contribution is 6.00. The van der Waals surface area contributed by atoms with Crippen LogP contribution in [0.25, 0.3) is 0 Å². The van der Waals surface area contributed by atoms with Crippen LogP contribution in [0.1, 0.15) is 24.0 Å². The normalized spacial score (nSPS) is 12.6. The van der Waals surface area contributed by atoms with Crippen LogP contribution in [0.4, 0.5) is 5.82 Å². The lowest BCUT2D eigenvalue weighted by molar-refractivity contribution is 0.347. The van der Waals surface area contributed by atoms with Crippen molar-refractivity contribution in [2.24, 2.45) is 5.73 Å². The van der Waals surface area contributed by atoms with Gasteiger partial charge in [-0.25, -0.2) is 4.98 Å². The van der Waals surface area contributed by atoms with Crippen molar-refractivity contribution in [1.29, 1.82) is 5.41 Å². The van der Waals surface area contributed by atoms with Crippen LogP contribution in [0.2, 0.25) is 0 Å². The summed E-state index contributed by atoms with van der Waals surface area (Å²) in [6.07, 6.45) is 10.3. The van der Waals surface area contributed by atoms with E-state index < -0.39 is 0 Å². The Labute approximate surface area is 148 Å². The van der Waals surface area contributed by atoms with Crippen molar-refractivity contribution >= 4 is 11.7 Å². The molecule has 130 valence electrons. The monoisotopic (exact) mass is 336 g/mol. The zero-order chi connectivity index (χ0) is 18.1. The third kappa shape index (κ3) is 5.80. The van der Waals surface area contributed by atoms with Gasteiger partial charge in [0.15, 0.2) is 0 Å². The first-order chi connectivity index (χ1) is 12.1. The molecule has 5 N–H and O–H groups in total. The lowest BCUT2D eigenvalue weighted by Gasteiger charge is -2.10. The summed E-state index contributed by atoms with van der Waals surface area (Å²) in [5.41, 5.74) is 13.6. The third-order valence-electron chi connectivity index (χ3n) is 3.73. The second-order valence-corrected chi connectivity index (χ2v) is 5.70. The summed E-state index contributed by atoms with van der Waals surface area (Å²) >= 11 is 0. The minimum absolute atomic E-state index is 0.0342. The zero-order valence-electron chi connectivity index (χ0n) is 14.4. The number of nitrogens with one attached hydrogen (secondary N) is 1. The maximum atomic E-state index is 7.17. The smallest absolute Gasteiger partial charge is 0.134 e. The molecular weight excluding hydrogens is 312 g/mol. The molecule has 1 heterocycles. The second-order valence-electron chi connectivity index (χ2n) is 5.70. The minimum atomic E-state index is -0.0342. The summed E-state index contributed by atoms with van der Waals surface area (Å²) in [6.45, 7) is 2.56. The third-order valence-corrected chi connectivity index (χ3v) is 3.73. The number of aromatic nitrogens is 1. The molecule has 2 aromatic rings. The molecule has 5 nitrogen and oxygen atoms in total. The van der Waals surface area contributed by atoms with E-state index in [2.05, 4.69) is 23.2 Å². The lowest BCUT2D eigenvalue weighted by Crippen LogP contribution is -2.16. The number of amidine groups is 1. The number of benzene rings is 1. The van der Waals surface area contributed by atoms with Gasteiger partial charge in [0.1, 0.15) is 24.0 Å². The molecular formula is C20H24N4O. The van der Waals surface area contributed by atoms with Gasteiger partial charge in [-0.3, -0.25) is 5.41 Å². The molecule has 0 atom stereocenters. The van der Waals surface area contributed by atoms with Crippen LogP contribution < -0.4 is 16.2 Å². The average molecular weight is 336 g/mol. The highest BCUT2D eigenvalue weighted by atomic mass is 16.5. The van der Waals surface area contributed by atoms with E-state index in [-0.39, 0.29) is 5.84 Å². The molecule has 0 spiro atoms. The van der Waals surface area contributed by atoms with E-state index in [1.807, 2.05) is 37.3 Å². The standard InChI is InChI=1S/C13H14O.C7H10N4/c1-3-7-12(8-4-1)11-14-13-9-5-2-6-10-13;1-4-2-3-11-7(10)5(4)6(8)9/h1-3,5-7,9-10H,4,8,11H2;2-3H,1H3,(H3,8,9)(H2,10,11). The van der Waals surface area contributed by atoms with E-state index in [4.69, 9.17) is 21.6 Å². The van der Waals surface area contributed by atoms with Crippen LogP contribution >= 0.6 is 0 Å². The molecule has 0 fully saturated rings. The molecule has 0 saturated carbocycles. The molecule has 1 aliphatic rings. The number of para-hydroxylation sites is 1. The van der Waals surface area contributed by atoms with Crippen LogP contribution in [0.5, 0.6) is 5.75 Å². The molecule has 5 heteroatoms. The number of hydrogen-bond acceptors (Lipinski definition) is 4. The van der Waals surface area contributed by atoms with E-state index in [1.165, 1.54) is 5.57 Å². The average Bonchev–Trinajstić information content (AvgIpc) is 2.62. The molecule has 0 radical (unpaired) electrons. The number of nitrogen functional groups attached to an aromatic ring is 2. The molecule has 1 aromatic heterocycles. The summed E-state index contributed by atoms with van der Waals surface area (Å²) in [7, 11) is 0. The van der Waals surface area contributed by atoms with Crippen LogP contribution in [0.3, 0.4) is 0 Å². The quantitative estimate of drug-likeness (QED) is 0.587. The number of anilines is 1. The Hall–Kier alpha value is -3.08. The van der Waals surface area contributed by atoms with Crippen molar-refractivity contribution in [1.82, 2.24) is 4.98 Å². The Kier molecular flexibility index (Phi) is 6.77. The first-order valence-electron chi connectivity index (χ1n) is 8.16. The summed E-state index contributed by atoms with van der Waals surface area (Å²) in [5.74, 6) is 1.23. The first kappa shape index (κ1) is 18.3. The van der Waals surface area contributed by atoms with Crippen LogP contribution in [0, 0.1) is 12.3 Å². The number of aryl methyl sites for hydroxylation is 1. The van der Waals surface area contributed by atoms with Crippen molar-refractivity contribution in [3.05, 3.63) is 77.5 Å².